The number of nitrogens with one attached hydrogen (secondary N) is 1. The molecule has 0 aromatic carbocycles. The van der Waals surface area contributed by atoms with Crippen LogP contribution >= 0.6 is 0 Å². The lowest BCUT2D eigenvalue weighted by atomic mass is 9.93. The van der Waals surface area contributed by atoms with Crippen molar-refractivity contribution in [1.82, 2.24) is 5.32 Å². The van der Waals surface area contributed by atoms with E-state index in [1.807, 2.05) is 0 Å². The maximum atomic E-state index is 9.65. The quantitative estimate of drug-likeness (QED) is 0.452. The fourth-order valence-corrected chi connectivity index (χ4v) is 1.59. The SMILES string of the molecule is CN=C1NCC([C@H](CO)[C@@H](O)[C@@H](C)O)O1. The summed E-state index contributed by atoms with van der Waals surface area (Å²) in [7, 11) is 1.59. The van der Waals surface area contributed by atoms with Gasteiger partial charge < -0.3 is 25.4 Å². The van der Waals surface area contributed by atoms with E-state index in [4.69, 9.17) is 9.84 Å². The molecule has 88 valence electrons. The van der Waals surface area contributed by atoms with E-state index in [0.29, 0.717) is 12.6 Å². The van der Waals surface area contributed by atoms with E-state index in [-0.39, 0.29) is 12.7 Å². The van der Waals surface area contributed by atoms with Crippen molar-refractivity contribution in [3.8, 4) is 0 Å². The molecule has 0 saturated carbocycles. The molecule has 0 aromatic heterocycles. The second-order valence-electron chi connectivity index (χ2n) is 3.64. The Kier molecular flexibility index (Phi) is 4.31. The summed E-state index contributed by atoms with van der Waals surface area (Å²) in [4.78, 5) is 3.82. The second kappa shape index (κ2) is 5.29. The van der Waals surface area contributed by atoms with E-state index in [9.17, 15) is 10.2 Å². The van der Waals surface area contributed by atoms with Crippen molar-refractivity contribution >= 4 is 6.02 Å². The van der Waals surface area contributed by atoms with E-state index in [1.165, 1.54) is 6.92 Å². The van der Waals surface area contributed by atoms with Gasteiger partial charge in [-0.25, -0.2) is 4.99 Å². The van der Waals surface area contributed by atoms with E-state index in [2.05, 4.69) is 10.3 Å². The summed E-state index contributed by atoms with van der Waals surface area (Å²) < 4.78 is 5.34. The molecule has 1 heterocycles. The highest BCUT2D eigenvalue weighted by molar-refractivity contribution is 5.75. The Balaban J connectivity index is 2.60. The minimum Gasteiger partial charge on any atom is -0.460 e. The molecule has 1 aliphatic rings. The minimum atomic E-state index is -1.00. The molecule has 0 bridgehead atoms. The molecule has 6 heteroatoms. The zero-order valence-corrected chi connectivity index (χ0v) is 8.92. The van der Waals surface area contributed by atoms with Gasteiger partial charge in [-0.05, 0) is 6.92 Å². The van der Waals surface area contributed by atoms with Crippen LogP contribution < -0.4 is 5.32 Å². The van der Waals surface area contributed by atoms with Gasteiger partial charge in [0.15, 0.2) is 0 Å². The number of nitrogens with zero attached hydrogens (tertiary/aromatic N) is 1. The van der Waals surface area contributed by atoms with Crippen LogP contribution in [0.2, 0.25) is 0 Å². The Bertz CT molecular complexity index is 232. The number of ether oxygens (including phenoxy) is 1. The normalized spacial score (nSPS) is 29.4. The van der Waals surface area contributed by atoms with E-state index in [0.717, 1.165) is 0 Å². The van der Waals surface area contributed by atoms with Gasteiger partial charge in [0.25, 0.3) is 6.02 Å². The maximum absolute atomic E-state index is 9.65. The van der Waals surface area contributed by atoms with Crippen molar-refractivity contribution in [1.29, 1.82) is 0 Å². The van der Waals surface area contributed by atoms with Crippen LogP contribution in [0.15, 0.2) is 4.99 Å². The lowest BCUT2D eigenvalue weighted by Crippen LogP contribution is -2.42. The predicted octanol–water partition coefficient (Wildman–Crippen LogP) is -1.69. The van der Waals surface area contributed by atoms with Gasteiger partial charge in [0.2, 0.25) is 0 Å². The fourth-order valence-electron chi connectivity index (χ4n) is 1.59. The molecule has 0 amide bonds. The molecule has 0 radical (unpaired) electrons. The molecule has 6 nitrogen and oxygen atoms in total. The van der Waals surface area contributed by atoms with Gasteiger partial charge in [-0.15, -0.1) is 0 Å². The van der Waals surface area contributed by atoms with Crippen LogP contribution in [0, 0.1) is 5.92 Å². The summed E-state index contributed by atoms with van der Waals surface area (Å²) in [6.07, 6.45) is -2.26. The zero-order valence-electron chi connectivity index (χ0n) is 8.92. The van der Waals surface area contributed by atoms with E-state index >= 15 is 0 Å². The third-order valence-electron chi connectivity index (χ3n) is 2.54. The number of aliphatic imine (C=N–C) groups is 1. The summed E-state index contributed by atoms with van der Waals surface area (Å²) in [6, 6.07) is 0.399. The summed E-state index contributed by atoms with van der Waals surface area (Å²) >= 11 is 0. The van der Waals surface area contributed by atoms with Crippen molar-refractivity contribution in [2.75, 3.05) is 20.2 Å². The van der Waals surface area contributed by atoms with Crippen LogP contribution in [0.1, 0.15) is 6.92 Å². The highest BCUT2D eigenvalue weighted by Crippen LogP contribution is 2.18. The molecule has 0 spiro atoms. The summed E-state index contributed by atoms with van der Waals surface area (Å²) in [5.41, 5.74) is 0. The van der Waals surface area contributed by atoms with Gasteiger partial charge in [0.05, 0.1) is 25.4 Å². The van der Waals surface area contributed by atoms with Crippen molar-refractivity contribution in [2.45, 2.75) is 25.2 Å². The highest BCUT2D eigenvalue weighted by Gasteiger charge is 2.35. The lowest BCUT2D eigenvalue weighted by molar-refractivity contribution is -0.0572. The number of amidine groups is 1. The van der Waals surface area contributed by atoms with Gasteiger partial charge >= 0.3 is 0 Å². The number of hydrogen-bond donors (Lipinski definition) is 4. The average Bonchev–Trinajstić information content (AvgIpc) is 2.67. The van der Waals surface area contributed by atoms with Gasteiger partial charge in [0, 0.05) is 13.0 Å². The first kappa shape index (κ1) is 12.2. The van der Waals surface area contributed by atoms with Gasteiger partial charge in [-0.1, -0.05) is 0 Å². The van der Waals surface area contributed by atoms with Crippen molar-refractivity contribution in [2.24, 2.45) is 10.9 Å². The highest BCUT2D eigenvalue weighted by atomic mass is 16.5. The Labute approximate surface area is 88.6 Å². The van der Waals surface area contributed by atoms with Crippen molar-refractivity contribution in [3.05, 3.63) is 0 Å². The van der Waals surface area contributed by atoms with Crippen LogP contribution in [-0.4, -0.2) is 59.9 Å². The van der Waals surface area contributed by atoms with Crippen LogP contribution in [0.3, 0.4) is 0 Å². The molecule has 1 rings (SSSR count). The Morgan fingerprint density at radius 1 is 1.60 bits per heavy atom. The molecule has 4 N–H and O–H groups in total. The molecule has 1 fully saturated rings. The Morgan fingerprint density at radius 2 is 2.27 bits per heavy atom. The van der Waals surface area contributed by atoms with Gasteiger partial charge in [0.1, 0.15) is 6.10 Å². The third-order valence-corrected chi connectivity index (χ3v) is 2.54. The monoisotopic (exact) mass is 218 g/mol. The van der Waals surface area contributed by atoms with Crippen LogP contribution in [0.25, 0.3) is 0 Å². The first-order valence-corrected chi connectivity index (χ1v) is 4.94. The Morgan fingerprint density at radius 3 is 2.67 bits per heavy atom. The molecule has 15 heavy (non-hydrogen) atoms. The van der Waals surface area contributed by atoms with Crippen LogP contribution in [0.5, 0.6) is 0 Å². The van der Waals surface area contributed by atoms with Crippen LogP contribution in [0.4, 0.5) is 0 Å². The topological polar surface area (TPSA) is 94.3 Å². The second-order valence-corrected chi connectivity index (χ2v) is 3.64. The molecule has 4 atom stereocenters. The average molecular weight is 218 g/mol. The van der Waals surface area contributed by atoms with Crippen LogP contribution in [-0.2, 0) is 4.74 Å². The maximum Gasteiger partial charge on any atom is 0.284 e. The largest absolute Gasteiger partial charge is 0.460 e. The summed E-state index contributed by atoms with van der Waals surface area (Å²) in [5.74, 6) is -0.517. The van der Waals surface area contributed by atoms with E-state index < -0.39 is 18.1 Å². The number of hydrogen-bond acceptors (Lipinski definition) is 5. The third kappa shape index (κ3) is 2.80. The Hall–Kier alpha value is -0.850. The summed E-state index contributed by atoms with van der Waals surface area (Å²) in [6.45, 7) is 1.71. The first-order valence-electron chi connectivity index (χ1n) is 4.94. The van der Waals surface area contributed by atoms with E-state index in [1.54, 1.807) is 7.05 Å². The predicted molar refractivity (Wildman–Crippen MR) is 54.5 cm³/mol. The standard InChI is InChI=1S/C9H18N2O4/c1-5(13)8(14)6(4-12)7-3-11-9(10-2)15-7/h5-8,12-14H,3-4H2,1-2H3,(H,10,11)/t5-,6+,7?,8+/m1/s1. The minimum absolute atomic E-state index is 0.241. The molecule has 1 unspecified atom stereocenters. The number of aliphatic hydroxyl groups excluding tert-OH is 3. The fraction of sp³-hybridized carbons (Fsp3) is 0.889. The first-order chi connectivity index (χ1) is 7.10. The molecule has 1 saturated heterocycles. The molecule has 0 aromatic rings. The van der Waals surface area contributed by atoms with Crippen molar-refractivity contribution < 1.29 is 20.1 Å². The number of rotatable bonds is 4. The zero-order chi connectivity index (χ0) is 11.4. The lowest BCUT2D eigenvalue weighted by Gasteiger charge is -2.26. The molecule has 0 aliphatic carbocycles. The van der Waals surface area contributed by atoms with Crippen molar-refractivity contribution in [3.63, 3.8) is 0 Å². The molecular weight excluding hydrogens is 200 g/mol. The smallest absolute Gasteiger partial charge is 0.284 e. The van der Waals surface area contributed by atoms with Gasteiger partial charge in [-0.2, -0.15) is 0 Å². The molecule has 1 aliphatic heterocycles. The summed E-state index contributed by atoms with van der Waals surface area (Å²) in [5, 5.41) is 30.9. The number of aliphatic hydroxyl groups is 3. The van der Waals surface area contributed by atoms with Gasteiger partial charge in [-0.3, -0.25) is 0 Å². The molecular formula is C9H18N2O4.